The van der Waals surface area contributed by atoms with Gasteiger partial charge in [-0.05, 0) is 59.9 Å². The van der Waals surface area contributed by atoms with Crippen LogP contribution in [0.5, 0.6) is 5.75 Å². The van der Waals surface area contributed by atoms with Crippen molar-refractivity contribution in [2.75, 3.05) is 0 Å². The highest BCUT2D eigenvalue weighted by Gasteiger charge is 2.32. The van der Waals surface area contributed by atoms with Crippen molar-refractivity contribution < 1.29 is 5.11 Å². The molecule has 4 nitrogen and oxygen atoms in total. The zero-order valence-corrected chi connectivity index (χ0v) is 22.0. The van der Waals surface area contributed by atoms with Gasteiger partial charge in [0.05, 0.1) is 21.3 Å². The Morgan fingerprint density at radius 3 is 2.66 bits per heavy atom. The lowest BCUT2D eigenvalue weighted by atomic mass is 9.83. The second-order valence-electron chi connectivity index (χ2n) is 8.49. The van der Waals surface area contributed by atoms with E-state index in [0.29, 0.717) is 19.9 Å². The van der Waals surface area contributed by atoms with Gasteiger partial charge in [-0.15, -0.1) is 0 Å². The summed E-state index contributed by atoms with van der Waals surface area (Å²) < 4.78 is 3.20. The van der Waals surface area contributed by atoms with Crippen LogP contribution in [0.25, 0.3) is 11.8 Å². The van der Waals surface area contributed by atoms with Gasteiger partial charge in [0.2, 0.25) is 0 Å². The monoisotopic (exact) mass is 582 g/mol. The second kappa shape index (κ2) is 8.79. The number of rotatable bonds is 2. The minimum Gasteiger partial charge on any atom is -0.506 e. The van der Waals surface area contributed by atoms with Crippen LogP contribution in [0.3, 0.4) is 0 Å². The molecule has 2 heterocycles. The van der Waals surface area contributed by atoms with Gasteiger partial charge in [-0.25, -0.2) is 4.99 Å². The van der Waals surface area contributed by atoms with Gasteiger partial charge in [-0.1, -0.05) is 86.9 Å². The molecule has 1 aliphatic carbocycles. The number of hydrogen-bond donors (Lipinski definition) is 1. The van der Waals surface area contributed by atoms with E-state index >= 15 is 0 Å². The predicted molar refractivity (Wildman–Crippen MR) is 145 cm³/mol. The molecule has 2 aliphatic rings. The summed E-state index contributed by atoms with van der Waals surface area (Å²) in [6, 6.07) is 19.2. The molecule has 1 atom stereocenters. The lowest BCUT2D eigenvalue weighted by molar-refractivity contribution is 0.474. The number of aryl methyl sites for hydroxylation is 1. The molecule has 8 heteroatoms. The van der Waals surface area contributed by atoms with E-state index < -0.39 is 0 Å². The minimum absolute atomic E-state index is 0.111. The van der Waals surface area contributed by atoms with Gasteiger partial charge in [0.15, 0.2) is 4.80 Å². The lowest BCUT2D eigenvalue weighted by Gasteiger charge is -2.30. The van der Waals surface area contributed by atoms with Crippen molar-refractivity contribution >= 4 is 62.2 Å². The molecule has 0 bridgehead atoms. The number of phenols is 1. The van der Waals surface area contributed by atoms with Gasteiger partial charge < -0.3 is 5.11 Å². The van der Waals surface area contributed by atoms with Crippen molar-refractivity contribution in [2.45, 2.75) is 18.9 Å². The van der Waals surface area contributed by atoms with Crippen molar-refractivity contribution in [3.63, 3.8) is 0 Å². The van der Waals surface area contributed by atoms with Gasteiger partial charge in [0.1, 0.15) is 5.75 Å². The summed E-state index contributed by atoms with van der Waals surface area (Å²) in [6.45, 7) is 0. The maximum atomic E-state index is 13.8. The first-order valence-electron chi connectivity index (χ1n) is 11.0. The van der Waals surface area contributed by atoms with E-state index in [-0.39, 0.29) is 22.4 Å². The maximum Gasteiger partial charge on any atom is 0.271 e. The van der Waals surface area contributed by atoms with E-state index in [4.69, 9.17) is 28.2 Å². The molecule has 174 valence electrons. The molecule has 3 aromatic carbocycles. The standard InChI is InChI=1S/C27H17BrCl2N2O2S/c28-17-8-5-15(6-9-17)24-20-10-7-14-3-1-2-4-19(14)23(20)31-27-32(24)26(34)22(35-27)12-16-11-18(29)13-21(30)25(16)33/h1-6,8-9,11-13,24,33H,7,10H2/b22-12-/t24-/m0/s1. The molecule has 0 radical (unpaired) electrons. The highest BCUT2D eigenvalue weighted by atomic mass is 79.9. The Labute approximate surface area is 223 Å². The van der Waals surface area contributed by atoms with Crippen LogP contribution < -0.4 is 14.9 Å². The third-order valence-corrected chi connectivity index (χ3v) is 8.42. The van der Waals surface area contributed by atoms with E-state index in [1.54, 1.807) is 16.7 Å². The molecule has 0 amide bonds. The second-order valence-corrected chi connectivity index (χ2v) is 11.3. The SMILES string of the molecule is O=c1/c(=C/c2cc(Cl)cc(Cl)c2O)sc2n1[C@@H](c1ccc(Br)cc1)C1=C(N=2)c2ccccc2CC1. The van der Waals surface area contributed by atoms with Crippen LogP contribution in [0.1, 0.15) is 34.7 Å². The molecule has 1 N–H and O–H groups in total. The Balaban J connectivity index is 1.64. The smallest absolute Gasteiger partial charge is 0.271 e. The molecule has 1 aliphatic heterocycles. The predicted octanol–water partition coefficient (Wildman–Crippen LogP) is 6.09. The van der Waals surface area contributed by atoms with Crippen LogP contribution in [0.2, 0.25) is 10.0 Å². The topological polar surface area (TPSA) is 54.6 Å². The van der Waals surface area contributed by atoms with E-state index in [2.05, 4.69) is 34.1 Å². The number of halogens is 3. The third-order valence-electron chi connectivity index (χ3n) is 6.40. The summed E-state index contributed by atoms with van der Waals surface area (Å²) in [5.41, 5.74) is 5.72. The first-order chi connectivity index (χ1) is 16.9. The Hall–Kier alpha value is -2.64. The van der Waals surface area contributed by atoms with E-state index in [1.807, 2.05) is 30.3 Å². The van der Waals surface area contributed by atoms with Crippen LogP contribution in [0.4, 0.5) is 0 Å². The number of benzene rings is 3. The Kier molecular flexibility index (Phi) is 5.72. The van der Waals surface area contributed by atoms with E-state index in [1.165, 1.54) is 23.0 Å². The molecule has 0 saturated heterocycles. The van der Waals surface area contributed by atoms with Crippen molar-refractivity contribution in [3.05, 3.63) is 123 Å². The fourth-order valence-electron chi connectivity index (χ4n) is 4.80. The zero-order chi connectivity index (χ0) is 24.3. The number of aromatic hydroxyl groups is 1. The summed E-state index contributed by atoms with van der Waals surface area (Å²) >= 11 is 17.1. The molecular weight excluding hydrogens is 567 g/mol. The zero-order valence-electron chi connectivity index (χ0n) is 18.1. The minimum atomic E-state index is -0.263. The summed E-state index contributed by atoms with van der Waals surface area (Å²) in [4.78, 5) is 19.4. The van der Waals surface area contributed by atoms with Gasteiger partial charge in [0, 0.05) is 20.6 Å². The van der Waals surface area contributed by atoms with Gasteiger partial charge in [-0.2, -0.15) is 0 Å². The molecule has 35 heavy (non-hydrogen) atoms. The van der Waals surface area contributed by atoms with Crippen molar-refractivity contribution in [1.82, 2.24) is 4.57 Å². The van der Waals surface area contributed by atoms with Crippen LogP contribution in [0, 0.1) is 0 Å². The molecule has 0 fully saturated rings. The summed E-state index contributed by atoms with van der Waals surface area (Å²) in [5, 5.41) is 11.0. The van der Waals surface area contributed by atoms with E-state index in [0.717, 1.165) is 39.7 Å². The number of phenolic OH excluding ortho intramolecular Hbond substituents is 1. The fourth-order valence-corrected chi connectivity index (χ4v) is 6.57. The molecule has 0 unspecified atom stereocenters. The average Bonchev–Trinajstić information content (AvgIpc) is 3.16. The fraction of sp³-hybridized carbons (Fsp3) is 0.111. The summed E-state index contributed by atoms with van der Waals surface area (Å²) in [7, 11) is 0. The van der Waals surface area contributed by atoms with E-state index in [9.17, 15) is 9.90 Å². The van der Waals surface area contributed by atoms with Crippen molar-refractivity contribution in [3.8, 4) is 5.75 Å². The number of fused-ring (bicyclic) bond motifs is 3. The van der Waals surface area contributed by atoms with Gasteiger partial charge in [0.25, 0.3) is 5.56 Å². The van der Waals surface area contributed by atoms with Crippen LogP contribution in [0.15, 0.2) is 80.5 Å². The van der Waals surface area contributed by atoms with Gasteiger partial charge in [-0.3, -0.25) is 9.36 Å². The largest absolute Gasteiger partial charge is 0.506 e. The molecular formula is C27H17BrCl2N2O2S. The number of nitrogens with zero attached hydrogens (tertiary/aromatic N) is 2. The highest BCUT2D eigenvalue weighted by molar-refractivity contribution is 9.10. The molecule has 4 aromatic rings. The number of allylic oxidation sites excluding steroid dienone is 1. The quantitative estimate of drug-likeness (QED) is 0.310. The van der Waals surface area contributed by atoms with Crippen molar-refractivity contribution in [2.24, 2.45) is 4.99 Å². The van der Waals surface area contributed by atoms with Gasteiger partial charge >= 0.3 is 0 Å². The van der Waals surface area contributed by atoms with Crippen LogP contribution in [-0.4, -0.2) is 9.67 Å². The normalized spacial score (nSPS) is 17.0. The number of aromatic nitrogens is 1. The van der Waals surface area contributed by atoms with Crippen LogP contribution >= 0.6 is 50.5 Å². The third kappa shape index (κ3) is 3.89. The maximum absolute atomic E-state index is 13.8. The average molecular weight is 584 g/mol. The molecule has 1 aromatic heterocycles. The molecule has 0 saturated carbocycles. The highest BCUT2D eigenvalue weighted by Crippen LogP contribution is 2.41. The Bertz CT molecular complexity index is 1720. The first-order valence-corrected chi connectivity index (χ1v) is 13.3. The number of thiazole rings is 1. The van der Waals surface area contributed by atoms with Crippen molar-refractivity contribution in [1.29, 1.82) is 0 Å². The Morgan fingerprint density at radius 2 is 1.86 bits per heavy atom. The summed E-state index contributed by atoms with van der Waals surface area (Å²) in [5.74, 6) is -0.111. The van der Waals surface area contributed by atoms with Crippen LogP contribution in [-0.2, 0) is 6.42 Å². The number of hydrogen-bond acceptors (Lipinski definition) is 4. The molecule has 0 spiro atoms. The molecule has 6 rings (SSSR count). The lowest BCUT2D eigenvalue weighted by Crippen LogP contribution is -2.38. The summed E-state index contributed by atoms with van der Waals surface area (Å²) in [6.07, 6.45) is 3.36. The first kappa shape index (κ1) is 22.8. The Morgan fingerprint density at radius 1 is 1.09 bits per heavy atom.